The molecule has 2 atom stereocenters. The fourth-order valence-electron chi connectivity index (χ4n) is 12.3. The van der Waals surface area contributed by atoms with Crippen LogP contribution in [-0.2, 0) is 29.0 Å². The van der Waals surface area contributed by atoms with Gasteiger partial charge in [-0.15, -0.1) is 0 Å². The van der Waals surface area contributed by atoms with Crippen molar-refractivity contribution >= 4 is 44.4 Å². The number of carbonyl (C=O) groups is 2. The van der Waals surface area contributed by atoms with Crippen molar-refractivity contribution in [1.29, 1.82) is 0 Å². The third-order valence-electron chi connectivity index (χ3n) is 13.5. The van der Waals surface area contributed by atoms with E-state index in [1.54, 1.807) is 26.5 Å². The van der Waals surface area contributed by atoms with Crippen LogP contribution in [0.3, 0.4) is 0 Å². The van der Waals surface area contributed by atoms with Gasteiger partial charge in [-0.1, -0.05) is 37.3 Å². The Bertz CT molecular complexity index is 2410. The number of nitrogens with zero attached hydrogens (tertiary/aromatic N) is 5. The first-order valence-electron chi connectivity index (χ1n) is 21.0. The van der Waals surface area contributed by atoms with Crippen molar-refractivity contribution in [1.82, 2.24) is 25.1 Å². The Kier molecular flexibility index (Phi) is 10.5. The predicted octanol–water partition coefficient (Wildman–Crippen LogP) is 7.76. The zero-order valence-corrected chi connectivity index (χ0v) is 36.0. The maximum atomic E-state index is 13.8. The van der Waals surface area contributed by atoms with E-state index in [9.17, 15) is 14.7 Å². The maximum absolute atomic E-state index is 13.8. The largest absolute Gasteiger partial charge is 0.496 e. The van der Waals surface area contributed by atoms with E-state index in [1.165, 1.54) is 17.8 Å². The lowest BCUT2D eigenvalue weighted by atomic mass is 9.39. The van der Waals surface area contributed by atoms with Gasteiger partial charge in [0.05, 0.1) is 42.3 Å². The molecule has 1 aliphatic heterocycles. The van der Waals surface area contributed by atoms with Crippen LogP contribution in [-0.4, -0.2) is 89.4 Å². The maximum Gasteiger partial charge on any atom is 0.355 e. The van der Waals surface area contributed by atoms with Crippen LogP contribution in [0.2, 0.25) is 0 Å². The SMILES string of the molecule is COCCNCCOC12CC3(C)CC(C)(CC(Cn4ncc(-c5ccc(N6CCc7c(OC)ccc(C(=O)Nc8nc9ccccc9s8)c7C6)nc5C(=O)O)c4C)(C3)C1)C2. The minimum atomic E-state index is -1.10. The summed E-state index contributed by atoms with van der Waals surface area (Å²) in [6.45, 7) is 11.6. The topological polar surface area (TPSA) is 153 Å². The Hall–Kier alpha value is -4.89. The molecule has 4 saturated carbocycles. The smallest absolute Gasteiger partial charge is 0.355 e. The monoisotopic (exact) mass is 833 g/mol. The number of aromatic nitrogens is 4. The Labute approximate surface area is 354 Å². The lowest BCUT2D eigenvalue weighted by Crippen LogP contribution is -2.64. The van der Waals surface area contributed by atoms with E-state index in [-0.39, 0.29) is 33.4 Å². The highest BCUT2D eigenvalue weighted by molar-refractivity contribution is 7.22. The molecular formula is C46H55N7O6S. The van der Waals surface area contributed by atoms with Crippen LogP contribution in [0.5, 0.6) is 5.75 Å². The first-order chi connectivity index (χ1) is 28.8. The van der Waals surface area contributed by atoms with Crippen LogP contribution in [0.1, 0.15) is 90.0 Å². The number of hydrogen-bond acceptors (Lipinski definition) is 11. The summed E-state index contributed by atoms with van der Waals surface area (Å²) in [5.74, 6) is -0.121. The lowest BCUT2D eigenvalue weighted by Gasteiger charge is -2.69. The van der Waals surface area contributed by atoms with Crippen LogP contribution in [0.25, 0.3) is 21.3 Å². The number of amides is 1. The minimum Gasteiger partial charge on any atom is -0.496 e. The van der Waals surface area contributed by atoms with Crippen molar-refractivity contribution in [2.75, 3.05) is 57.3 Å². The normalized spacial score (nSPS) is 25.4. The van der Waals surface area contributed by atoms with Crippen molar-refractivity contribution in [3.63, 3.8) is 0 Å². The molecule has 10 rings (SSSR count). The number of benzene rings is 2. The number of para-hydroxylation sites is 1. The summed E-state index contributed by atoms with van der Waals surface area (Å²) in [6.07, 6.45) is 9.07. The molecule has 1 amide bonds. The molecule has 4 aliphatic carbocycles. The molecule has 316 valence electrons. The number of carboxylic acids is 1. The molecule has 4 bridgehead atoms. The Balaban J connectivity index is 0.954. The van der Waals surface area contributed by atoms with Gasteiger partial charge in [0.15, 0.2) is 10.8 Å². The molecule has 0 spiro atoms. The average molecular weight is 834 g/mol. The summed E-state index contributed by atoms with van der Waals surface area (Å²) >= 11 is 1.43. The molecule has 14 heteroatoms. The number of carboxylic acid groups (broad SMARTS) is 1. The Morgan fingerprint density at radius 1 is 0.900 bits per heavy atom. The number of hydrogen-bond donors (Lipinski definition) is 3. The van der Waals surface area contributed by atoms with Gasteiger partial charge in [0.1, 0.15) is 11.6 Å². The number of thiazole rings is 1. The van der Waals surface area contributed by atoms with Crippen LogP contribution in [0.4, 0.5) is 10.9 Å². The number of carbonyl (C=O) groups excluding carboxylic acids is 1. The summed E-state index contributed by atoms with van der Waals surface area (Å²) in [4.78, 5) is 38.2. The van der Waals surface area contributed by atoms with Crippen LogP contribution < -0.4 is 20.3 Å². The van der Waals surface area contributed by atoms with E-state index < -0.39 is 5.97 Å². The fourth-order valence-corrected chi connectivity index (χ4v) is 13.2. The van der Waals surface area contributed by atoms with Gasteiger partial charge in [-0.2, -0.15) is 5.10 Å². The van der Waals surface area contributed by atoms with Gasteiger partial charge in [0, 0.05) is 67.8 Å². The molecule has 0 saturated heterocycles. The minimum absolute atomic E-state index is 0.0262. The van der Waals surface area contributed by atoms with Gasteiger partial charge < -0.3 is 29.5 Å². The highest BCUT2D eigenvalue weighted by Gasteiger charge is 2.66. The first kappa shape index (κ1) is 40.5. The highest BCUT2D eigenvalue weighted by Crippen LogP contribution is 2.72. The molecule has 3 aromatic heterocycles. The summed E-state index contributed by atoms with van der Waals surface area (Å²) in [5.41, 5.74) is 5.61. The highest BCUT2D eigenvalue weighted by atomic mass is 32.1. The van der Waals surface area contributed by atoms with E-state index in [1.807, 2.05) is 54.3 Å². The number of anilines is 2. The van der Waals surface area contributed by atoms with Gasteiger partial charge in [-0.05, 0) is 110 Å². The van der Waals surface area contributed by atoms with Crippen molar-refractivity contribution in [3.8, 4) is 16.9 Å². The summed E-state index contributed by atoms with van der Waals surface area (Å²) in [7, 11) is 3.35. The quantitative estimate of drug-likeness (QED) is 0.0888. The van der Waals surface area contributed by atoms with Gasteiger partial charge in [0.25, 0.3) is 5.91 Å². The Morgan fingerprint density at radius 3 is 2.43 bits per heavy atom. The Morgan fingerprint density at radius 2 is 1.68 bits per heavy atom. The van der Waals surface area contributed by atoms with Crippen LogP contribution in [0, 0.1) is 23.2 Å². The molecule has 60 heavy (non-hydrogen) atoms. The van der Waals surface area contributed by atoms with Crippen LogP contribution in [0.15, 0.2) is 54.7 Å². The van der Waals surface area contributed by atoms with E-state index in [4.69, 9.17) is 24.3 Å². The zero-order chi connectivity index (χ0) is 41.9. The van der Waals surface area contributed by atoms with Crippen molar-refractivity contribution in [3.05, 3.63) is 82.8 Å². The predicted molar refractivity (Wildman–Crippen MR) is 232 cm³/mol. The number of nitrogens with one attached hydrogen (secondary N) is 2. The summed E-state index contributed by atoms with van der Waals surface area (Å²) in [6, 6.07) is 15.1. The number of aromatic carboxylic acids is 1. The third kappa shape index (κ3) is 7.56. The van der Waals surface area contributed by atoms with Crippen molar-refractivity contribution < 1.29 is 28.9 Å². The molecule has 13 nitrogen and oxygen atoms in total. The fraction of sp³-hybridized carbons (Fsp3) is 0.500. The standard InChI is InChI=1S/C46H55N7O6S/c1-29-33(20-48-53(29)28-45-23-43(2)22-44(3,24-45)26-46(25-43,27-45)59-19-16-47-15-18-57-4)31-11-13-38(50-39(31)41(55)56)52-17-14-30-34(21-52)32(10-12-36(30)58-5)40(54)51-42-49-35-8-6-7-9-37(35)60-42/h6-13,20,47H,14-19,21-28H2,1-5H3,(H,55,56)(H,49,51,54). The number of ether oxygens (including phenoxy) is 3. The van der Waals surface area contributed by atoms with Crippen molar-refractivity contribution in [2.45, 2.75) is 84.4 Å². The zero-order valence-electron chi connectivity index (χ0n) is 35.2. The van der Waals surface area contributed by atoms with E-state index in [2.05, 4.69) is 34.1 Å². The molecule has 3 N–H and O–H groups in total. The molecule has 2 aromatic carbocycles. The van der Waals surface area contributed by atoms with Gasteiger partial charge >= 0.3 is 5.97 Å². The summed E-state index contributed by atoms with van der Waals surface area (Å²) in [5, 5.41) is 22.5. The summed E-state index contributed by atoms with van der Waals surface area (Å²) < 4.78 is 20.9. The first-order valence-corrected chi connectivity index (χ1v) is 21.9. The molecule has 4 fully saturated rings. The van der Waals surface area contributed by atoms with E-state index in [0.29, 0.717) is 60.5 Å². The molecular weight excluding hydrogens is 779 g/mol. The number of methoxy groups -OCH3 is 2. The molecule has 0 radical (unpaired) electrons. The lowest BCUT2D eigenvalue weighted by molar-refractivity contribution is -0.247. The number of pyridine rings is 1. The van der Waals surface area contributed by atoms with Gasteiger partial charge in [-0.3, -0.25) is 14.8 Å². The number of rotatable bonds is 15. The van der Waals surface area contributed by atoms with Crippen molar-refractivity contribution in [2.24, 2.45) is 16.2 Å². The second-order valence-electron chi connectivity index (χ2n) is 18.5. The van der Waals surface area contributed by atoms with Crippen LogP contribution >= 0.6 is 11.3 Å². The molecule has 2 unspecified atom stereocenters. The average Bonchev–Trinajstić information content (AvgIpc) is 3.78. The third-order valence-corrected chi connectivity index (χ3v) is 14.4. The van der Waals surface area contributed by atoms with E-state index in [0.717, 1.165) is 84.3 Å². The molecule has 5 aliphatic rings. The van der Waals surface area contributed by atoms with E-state index >= 15 is 0 Å². The number of fused-ring (bicyclic) bond motifs is 2. The van der Waals surface area contributed by atoms with Gasteiger partial charge in [-0.25, -0.2) is 14.8 Å². The van der Waals surface area contributed by atoms with Gasteiger partial charge in [0.2, 0.25) is 0 Å². The molecule has 4 heterocycles. The second-order valence-corrected chi connectivity index (χ2v) is 19.5. The molecule has 5 aromatic rings. The second kappa shape index (κ2) is 15.5.